The number of nitrogens with zero attached hydrogens (tertiary/aromatic N) is 2. The molecular weight excluding hydrogens is 210 g/mol. The zero-order chi connectivity index (χ0) is 10.7. The Hall–Kier alpha value is -1.36. The van der Waals surface area contributed by atoms with Gasteiger partial charge in [0.05, 0.1) is 12.0 Å². The Morgan fingerprint density at radius 2 is 2.27 bits per heavy atom. The summed E-state index contributed by atoms with van der Waals surface area (Å²) in [6.07, 6.45) is 0. The van der Waals surface area contributed by atoms with Crippen LogP contribution in [0.5, 0.6) is 5.88 Å². The Labute approximate surface area is 92.3 Å². The van der Waals surface area contributed by atoms with Crippen LogP contribution < -0.4 is 10.1 Å². The van der Waals surface area contributed by atoms with Gasteiger partial charge in [0.25, 0.3) is 0 Å². The van der Waals surface area contributed by atoms with E-state index >= 15 is 0 Å². The van der Waals surface area contributed by atoms with E-state index in [-0.39, 0.29) is 0 Å². The van der Waals surface area contributed by atoms with Gasteiger partial charge in [-0.15, -0.1) is 11.3 Å². The van der Waals surface area contributed by atoms with E-state index in [1.54, 1.807) is 11.3 Å². The lowest BCUT2D eigenvalue weighted by molar-refractivity contribution is 0.331. The van der Waals surface area contributed by atoms with Crippen LogP contribution in [0.3, 0.4) is 0 Å². The fourth-order valence-corrected chi connectivity index (χ4v) is 2.07. The number of thiophene rings is 1. The highest BCUT2D eigenvalue weighted by Crippen LogP contribution is 2.27. The molecule has 0 aromatic carbocycles. The molecule has 15 heavy (non-hydrogen) atoms. The van der Waals surface area contributed by atoms with Gasteiger partial charge in [0, 0.05) is 6.54 Å². The third-order valence-electron chi connectivity index (χ3n) is 1.91. The van der Waals surface area contributed by atoms with E-state index in [0.717, 1.165) is 16.8 Å². The van der Waals surface area contributed by atoms with Gasteiger partial charge in [-0.05, 0) is 25.3 Å². The summed E-state index contributed by atoms with van der Waals surface area (Å²) in [5.74, 6) is 1.30. The summed E-state index contributed by atoms with van der Waals surface area (Å²) in [7, 11) is 0. The summed E-state index contributed by atoms with van der Waals surface area (Å²) in [6.45, 7) is 5.39. The SMILES string of the molecule is CCNc1nc(OCC)c2ccsc2n1. The predicted octanol–water partition coefficient (Wildman–Crippen LogP) is 2.52. The normalized spacial score (nSPS) is 10.5. The minimum atomic E-state index is 0.619. The van der Waals surface area contributed by atoms with Crippen LogP contribution in [-0.2, 0) is 0 Å². The van der Waals surface area contributed by atoms with Gasteiger partial charge in [-0.2, -0.15) is 4.98 Å². The van der Waals surface area contributed by atoms with Crippen molar-refractivity contribution in [2.45, 2.75) is 13.8 Å². The van der Waals surface area contributed by atoms with Crippen LogP contribution >= 0.6 is 11.3 Å². The lowest BCUT2D eigenvalue weighted by atomic mass is 10.4. The second-order valence-electron chi connectivity index (χ2n) is 2.96. The number of rotatable bonds is 4. The van der Waals surface area contributed by atoms with Crippen molar-refractivity contribution < 1.29 is 4.74 Å². The molecule has 0 radical (unpaired) electrons. The quantitative estimate of drug-likeness (QED) is 0.865. The van der Waals surface area contributed by atoms with Gasteiger partial charge in [-0.1, -0.05) is 0 Å². The lowest BCUT2D eigenvalue weighted by Gasteiger charge is -2.06. The molecule has 0 fully saturated rings. The molecule has 0 aliphatic carbocycles. The monoisotopic (exact) mass is 223 g/mol. The van der Waals surface area contributed by atoms with E-state index in [1.807, 2.05) is 25.3 Å². The number of anilines is 1. The van der Waals surface area contributed by atoms with Gasteiger partial charge in [0.1, 0.15) is 4.83 Å². The van der Waals surface area contributed by atoms with E-state index < -0.39 is 0 Å². The highest BCUT2D eigenvalue weighted by molar-refractivity contribution is 7.16. The Morgan fingerprint density at radius 3 is 3.00 bits per heavy atom. The Kier molecular flexibility index (Phi) is 3.01. The Balaban J connectivity index is 2.48. The standard InChI is InChI=1S/C10H13N3OS/c1-3-11-10-12-8(14-4-2)7-5-6-15-9(7)13-10/h5-6H,3-4H2,1-2H3,(H,11,12,13). The summed E-state index contributed by atoms with van der Waals surface area (Å²) >= 11 is 1.60. The van der Waals surface area contributed by atoms with Crippen molar-refractivity contribution in [1.29, 1.82) is 0 Å². The molecule has 80 valence electrons. The van der Waals surface area contributed by atoms with Crippen LogP contribution in [-0.4, -0.2) is 23.1 Å². The molecular formula is C10H13N3OS. The minimum Gasteiger partial charge on any atom is -0.477 e. The highest BCUT2D eigenvalue weighted by Gasteiger charge is 2.08. The number of fused-ring (bicyclic) bond motifs is 1. The van der Waals surface area contributed by atoms with Crippen LogP contribution in [0.4, 0.5) is 5.95 Å². The minimum absolute atomic E-state index is 0.619. The first-order chi connectivity index (χ1) is 7.35. The number of aromatic nitrogens is 2. The molecule has 0 amide bonds. The summed E-state index contributed by atoms with van der Waals surface area (Å²) in [4.78, 5) is 9.66. The highest BCUT2D eigenvalue weighted by atomic mass is 32.1. The van der Waals surface area contributed by atoms with E-state index in [9.17, 15) is 0 Å². The molecule has 5 heteroatoms. The van der Waals surface area contributed by atoms with Crippen LogP contribution in [0, 0.1) is 0 Å². The third kappa shape index (κ3) is 2.02. The van der Waals surface area contributed by atoms with Gasteiger partial charge in [0.15, 0.2) is 0 Å². The maximum absolute atomic E-state index is 5.48. The maximum Gasteiger partial charge on any atom is 0.227 e. The first kappa shape index (κ1) is 10.2. The summed E-state index contributed by atoms with van der Waals surface area (Å²) in [5.41, 5.74) is 0. The largest absolute Gasteiger partial charge is 0.477 e. The van der Waals surface area contributed by atoms with Gasteiger partial charge in [-0.3, -0.25) is 0 Å². The van der Waals surface area contributed by atoms with Crippen molar-refractivity contribution >= 4 is 27.5 Å². The zero-order valence-corrected chi connectivity index (χ0v) is 9.60. The molecule has 0 aliphatic rings. The molecule has 2 aromatic heterocycles. The average Bonchev–Trinajstić information content (AvgIpc) is 2.67. The average molecular weight is 223 g/mol. The molecule has 0 unspecified atom stereocenters. The number of nitrogens with one attached hydrogen (secondary N) is 1. The second kappa shape index (κ2) is 4.44. The van der Waals surface area contributed by atoms with E-state index in [4.69, 9.17) is 4.74 Å². The first-order valence-electron chi connectivity index (χ1n) is 4.97. The second-order valence-corrected chi connectivity index (χ2v) is 3.85. The number of ether oxygens (including phenoxy) is 1. The van der Waals surface area contributed by atoms with Crippen molar-refractivity contribution in [3.05, 3.63) is 11.4 Å². The Bertz CT molecular complexity index is 455. The van der Waals surface area contributed by atoms with Crippen LogP contribution in [0.2, 0.25) is 0 Å². The molecule has 0 saturated heterocycles. The van der Waals surface area contributed by atoms with Crippen molar-refractivity contribution in [2.24, 2.45) is 0 Å². The number of hydrogen-bond donors (Lipinski definition) is 1. The summed E-state index contributed by atoms with van der Waals surface area (Å²) in [6, 6.07) is 1.99. The maximum atomic E-state index is 5.48. The van der Waals surface area contributed by atoms with Crippen LogP contribution in [0.25, 0.3) is 10.2 Å². The van der Waals surface area contributed by atoms with Crippen LogP contribution in [0.15, 0.2) is 11.4 Å². The molecule has 0 atom stereocenters. The summed E-state index contributed by atoms with van der Waals surface area (Å²) in [5, 5.41) is 6.08. The first-order valence-corrected chi connectivity index (χ1v) is 5.85. The fraction of sp³-hybridized carbons (Fsp3) is 0.400. The van der Waals surface area contributed by atoms with Crippen molar-refractivity contribution in [3.63, 3.8) is 0 Å². The Morgan fingerprint density at radius 1 is 1.40 bits per heavy atom. The molecule has 0 spiro atoms. The van der Waals surface area contributed by atoms with Crippen LogP contribution in [0.1, 0.15) is 13.8 Å². The smallest absolute Gasteiger partial charge is 0.227 e. The summed E-state index contributed by atoms with van der Waals surface area (Å²) < 4.78 is 5.48. The van der Waals surface area contributed by atoms with Gasteiger partial charge in [0.2, 0.25) is 11.8 Å². The fourth-order valence-electron chi connectivity index (χ4n) is 1.31. The number of hydrogen-bond acceptors (Lipinski definition) is 5. The van der Waals surface area contributed by atoms with E-state index in [1.165, 1.54) is 0 Å². The predicted molar refractivity (Wildman–Crippen MR) is 62.7 cm³/mol. The molecule has 2 heterocycles. The zero-order valence-electron chi connectivity index (χ0n) is 8.78. The van der Waals surface area contributed by atoms with Gasteiger partial charge in [-0.25, -0.2) is 4.98 Å². The molecule has 4 nitrogen and oxygen atoms in total. The van der Waals surface area contributed by atoms with Gasteiger partial charge >= 0.3 is 0 Å². The van der Waals surface area contributed by atoms with E-state index in [2.05, 4.69) is 15.3 Å². The molecule has 2 rings (SSSR count). The third-order valence-corrected chi connectivity index (χ3v) is 2.71. The van der Waals surface area contributed by atoms with E-state index in [0.29, 0.717) is 18.4 Å². The van der Waals surface area contributed by atoms with Gasteiger partial charge < -0.3 is 10.1 Å². The molecule has 0 aliphatic heterocycles. The van der Waals surface area contributed by atoms with Crippen molar-refractivity contribution in [1.82, 2.24) is 9.97 Å². The molecule has 1 N–H and O–H groups in total. The lowest BCUT2D eigenvalue weighted by Crippen LogP contribution is -2.04. The van der Waals surface area contributed by atoms with Crippen molar-refractivity contribution in [2.75, 3.05) is 18.5 Å². The van der Waals surface area contributed by atoms with Crippen molar-refractivity contribution in [3.8, 4) is 5.88 Å². The molecule has 0 bridgehead atoms. The topological polar surface area (TPSA) is 47.0 Å². The molecule has 2 aromatic rings. The molecule has 0 saturated carbocycles.